The van der Waals surface area contributed by atoms with Crippen molar-refractivity contribution in [1.82, 2.24) is 19.9 Å². The second kappa shape index (κ2) is 8.77. The van der Waals surface area contributed by atoms with E-state index in [1.165, 1.54) is 11.3 Å². The van der Waals surface area contributed by atoms with Gasteiger partial charge in [0.05, 0.1) is 22.1 Å². The number of amides is 1. The second-order valence-electron chi connectivity index (χ2n) is 8.17. The summed E-state index contributed by atoms with van der Waals surface area (Å²) in [6, 6.07) is 7.32. The van der Waals surface area contributed by atoms with E-state index in [4.69, 9.17) is 21.1 Å². The van der Waals surface area contributed by atoms with Gasteiger partial charge < -0.3 is 9.42 Å². The molecule has 1 fully saturated rings. The van der Waals surface area contributed by atoms with Gasteiger partial charge >= 0.3 is 0 Å². The molecule has 0 spiro atoms. The summed E-state index contributed by atoms with van der Waals surface area (Å²) in [4.78, 5) is 35.1. The van der Waals surface area contributed by atoms with E-state index >= 15 is 0 Å². The van der Waals surface area contributed by atoms with E-state index in [0.717, 1.165) is 41.5 Å². The van der Waals surface area contributed by atoms with E-state index < -0.39 is 0 Å². The zero-order valence-corrected chi connectivity index (χ0v) is 19.3. The van der Waals surface area contributed by atoms with Crippen LogP contribution in [0.5, 0.6) is 0 Å². The maximum absolute atomic E-state index is 13.3. The van der Waals surface area contributed by atoms with E-state index in [9.17, 15) is 9.59 Å². The van der Waals surface area contributed by atoms with Crippen LogP contribution in [-0.4, -0.2) is 57.8 Å². The Morgan fingerprint density at radius 2 is 1.97 bits per heavy atom. The third-order valence-corrected chi connectivity index (χ3v) is 7.49. The van der Waals surface area contributed by atoms with E-state index in [1.54, 1.807) is 13.0 Å². The summed E-state index contributed by atoms with van der Waals surface area (Å²) in [6.45, 7) is 5.17. The molecule has 1 aliphatic carbocycles. The molecule has 5 rings (SSSR count). The number of thiazole rings is 1. The largest absolute Gasteiger partial charge is 0.360 e. The highest BCUT2D eigenvalue weighted by molar-refractivity contribution is 7.13. The molecule has 1 aliphatic heterocycles. The first kappa shape index (κ1) is 21.3. The van der Waals surface area contributed by atoms with Crippen LogP contribution in [0.1, 0.15) is 49.3 Å². The van der Waals surface area contributed by atoms with E-state index in [0.29, 0.717) is 53.7 Å². The number of nitrogens with zero attached hydrogens (tertiary/aromatic N) is 4. The topological polar surface area (TPSA) is 79.5 Å². The molecule has 3 aromatic rings. The molecular formula is C23H23ClN4O3S. The van der Waals surface area contributed by atoms with Gasteiger partial charge in [0, 0.05) is 38.2 Å². The molecule has 9 heteroatoms. The van der Waals surface area contributed by atoms with Gasteiger partial charge in [-0.05, 0) is 25.8 Å². The van der Waals surface area contributed by atoms with Crippen LogP contribution >= 0.6 is 22.9 Å². The van der Waals surface area contributed by atoms with Crippen molar-refractivity contribution in [3.63, 3.8) is 0 Å². The molecule has 1 amide bonds. The lowest BCUT2D eigenvalue weighted by molar-refractivity contribution is 0.0627. The molecule has 2 aromatic heterocycles. The fourth-order valence-electron chi connectivity index (χ4n) is 4.31. The average Bonchev–Trinajstić information content (AvgIpc) is 3.38. The molecule has 1 aromatic carbocycles. The molecule has 166 valence electrons. The zero-order valence-electron chi connectivity index (χ0n) is 17.8. The summed E-state index contributed by atoms with van der Waals surface area (Å²) >= 11 is 7.86. The maximum atomic E-state index is 13.3. The van der Waals surface area contributed by atoms with Crippen molar-refractivity contribution in [2.45, 2.75) is 32.7 Å². The number of halogens is 1. The van der Waals surface area contributed by atoms with Crippen molar-refractivity contribution >= 4 is 34.6 Å². The smallest absolute Gasteiger partial charge is 0.259 e. The predicted octanol–water partition coefficient (Wildman–Crippen LogP) is 4.24. The van der Waals surface area contributed by atoms with Gasteiger partial charge in [0.15, 0.2) is 5.78 Å². The quantitative estimate of drug-likeness (QED) is 0.567. The van der Waals surface area contributed by atoms with Crippen molar-refractivity contribution in [2.75, 3.05) is 26.2 Å². The van der Waals surface area contributed by atoms with Gasteiger partial charge in [0.25, 0.3) is 5.91 Å². The Morgan fingerprint density at radius 1 is 1.19 bits per heavy atom. The van der Waals surface area contributed by atoms with Gasteiger partial charge in [-0.3, -0.25) is 14.5 Å². The molecule has 32 heavy (non-hydrogen) atoms. The van der Waals surface area contributed by atoms with Gasteiger partial charge in [0.2, 0.25) is 0 Å². The van der Waals surface area contributed by atoms with Crippen LogP contribution in [0.15, 0.2) is 28.8 Å². The monoisotopic (exact) mass is 470 g/mol. The number of rotatable bonds is 4. The maximum Gasteiger partial charge on any atom is 0.259 e. The fraction of sp³-hybridized carbons (Fsp3) is 0.391. The first-order valence-corrected chi connectivity index (χ1v) is 12.0. The van der Waals surface area contributed by atoms with Crippen molar-refractivity contribution in [2.24, 2.45) is 0 Å². The van der Waals surface area contributed by atoms with Crippen molar-refractivity contribution < 1.29 is 14.1 Å². The molecule has 7 nitrogen and oxygen atoms in total. The van der Waals surface area contributed by atoms with Crippen LogP contribution < -0.4 is 0 Å². The number of fused-ring (bicyclic) bond motifs is 1. The Balaban J connectivity index is 1.26. The molecule has 0 unspecified atom stereocenters. The van der Waals surface area contributed by atoms with Gasteiger partial charge in [-0.15, -0.1) is 11.3 Å². The molecule has 0 N–H and O–H groups in total. The van der Waals surface area contributed by atoms with Gasteiger partial charge in [-0.2, -0.15) is 0 Å². The number of aromatic nitrogens is 2. The molecule has 0 radical (unpaired) electrons. The van der Waals surface area contributed by atoms with Crippen LogP contribution in [0.2, 0.25) is 5.02 Å². The highest BCUT2D eigenvalue weighted by Crippen LogP contribution is 2.32. The average molecular weight is 471 g/mol. The molecule has 1 saturated heterocycles. The fourth-order valence-corrected chi connectivity index (χ4v) is 5.65. The number of carbonyl (C=O) groups excluding carboxylic acids is 2. The minimum atomic E-state index is -0.0892. The summed E-state index contributed by atoms with van der Waals surface area (Å²) in [5.41, 5.74) is 2.61. The van der Waals surface area contributed by atoms with Crippen LogP contribution in [0.4, 0.5) is 0 Å². The molecule has 0 bridgehead atoms. The summed E-state index contributed by atoms with van der Waals surface area (Å²) in [5.74, 6) is 0.628. The van der Waals surface area contributed by atoms with E-state index in [-0.39, 0.29) is 11.7 Å². The summed E-state index contributed by atoms with van der Waals surface area (Å²) < 4.78 is 5.36. The van der Waals surface area contributed by atoms with Crippen LogP contribution in [0.3, 0.4) is 0 Å². The third-order valence-electron chi connectivity index (χ3n) is 6.04. The first-order chi connectivity index (χ1) is 15.5. The normalized spacial score (nSPS) is 16.9. The number of ketones is 1. The number of aryl methyl sites for hydroxylation is 2. The molecular weight excluding hydrogens is 448 g/mol. The summed E-state index contributed by atoms with van der Waals surface area (Å²) in [6.07, 6.45) is 2.42. The number of hydrogen-bond donors (Lipinski definition) is 0. The number of carbonyl (C=O) groups is 2. The predicted molar refractivity (Wildman–Crippen MR) is 122 cm³/mol. The molecule has 0 atom stereocenters. The Hall–Kier alpha value is -2.55. The van der Waals surface area contributed by atoms with Crippen molar-refractivity contribution in [3.8, 4) is 11.3 Å². The SMILES string of the molecule is Cc1onc(-c2ccccc2Cl)c1C(=O)N1CCN(Cc2nc3c(s2)C(=O)CCC3)CC1. The standard InChI is InChI=1S/C23H23ClN4O3S/c1-14-20(21(26-31-14)15-5-2-3-6-16(15)24)23(30)28-11-9-27(10-12-28)13-19-25-17-7-4-8-18(29)22(17)32-19/h2-3,5-6H,4,7-13H2,1H3. The Labute approximate surface area is 195 Å². The minimum absolute atomic E-state index is 0.0892. The second-order valence-corrected chi connectivity index (χ2v) is 9.66. The number of piperazine rings is 1. The van der Waals surface area contributed by atoms with Gasteiger partial charge in [-0.25, -0.2) is 4.98 Å². The van der Waals surface area contributed by atoms with E-state index in [2.05, 4.69) is 10.1 Å². The summed E-state index contributed by atoms with van der Waals surface area (Å²) in [7, 11) is 0. The Morgan fingerprint density at radius 3 is 2.72 bits per heavy atom. The highest BCUT2D eigenvalue weighted by Gasteiger charge is 2.30. The number of benzene rings is 1. The van der Waals surface area contributed by atoms with Crippen molar-refractivity contribution in [3.05, 3.63) is 56.2 Å². The Bertz CT molecular complexity index is 1180. The number of Topliss-reactive ketones (excluding diaryl/α,β-unsaturated/α-hetero) is 1. The summed E-state index contributed by atoms with van der Waals surface area (Å²) in [5, 5.41) is 5.64. The number of hydrogen-bond acceptors (Lipinski definition) is 7. The lowest BCUT2D eigenvalue weighted by Crippen LogP contribution is -2.48. The molecule has 3 heterocycles. The van der Waals surface area contributed by atoms with Crippen LogP contribution in [0, 0.1) is 6.92 Å². The van der Waals surface area contributed by atoms with Crippen molar-refractivity contribution in [1.29, 1.82) is 0 Å². The van der Waals surface area contributed by atoms with E-state index in [1.807, 2.05) is 23.1 Å². The molecule has 2 aliphatic rings. The van der Waals surface area contributed by atoms with Crippen LogP contribution in [-0.2, 0) is 13.0 Å². The zero-order chi connectivity index (χ0) is 22.2. The molecule has 0 saturated carbocycles. The lowest BCUT2D eigenvalue weighted by Gasteiger charge is -2.34. The lowest BCUT2D eigenvalue weighted by atomic mass is 10.0. The highest BCUT2D eigenvalue weighted by atomic mass is 35.5. The first-order valence-electron chi connectivity index (χ1n) is 10.8. The van der Waals surface area contributed by atoms with Crippen LogP contribution in [0.25, 0.3) is 11.3 Å². The van der Waals surface area contributed by atoms with Gasteiger partial charge in [-0.1, -0.05) is 35.0 Å². The minimum Gasteiger partial charge on any atom is -0.360 e. The third kappa shape index (κ3) is 3.98. The Kier molecular flexibility index (Phi) is 5.84. The van der Waals surface area contributed by atoms with Gasteiger partial charge in [0.1, 0.15) is 22.0 Å².